The summed E-state index contributed by atoms with van der Waals surface area (Å²) >= 11 is 0. The predicted octanol–water partition coefficient (Wildman–Crippen LogP) is 3.57. The maximum atomic E-state index is 12.0. The van der Waals surface area contributed by atoms with E-state index < -0.39 is 0 Å². The number of hydrogen-bond acceptors (Lipinski definition) is 2. The Balaban J connectivity index is 2.53. The summed E-state index contributed by atoms with van der Waals surface area (Å²) in [5.74, 6) is -0.125. The van der Waals surface area contributed by atoms with Crippen molar-refractivity contribution in [3.8, 4) is 0 Å². The Morgan fingerprint density at radius 3 is 2.37 bits per heavy atom. The van der Waals surface area contributed by atoms with Crippen molar-refractivity contribution in [1.82, 2.24) is 4.98 Å². The van der Waals surface area contributed by atoms with Crippen LogP contribution >= 0.6 is 0 Å². The fourth-order valence-corrected chi connectivity index (χ4v) is 2.62. The minimum Gasteiger partial charge on any atom is -0.465 e. The second kappa shape index (κ2) is 5.31. The fraction of sp³-hybridized carbons (Fsp3) is 0.312. The fourth-order valence-electron chi connectivity index (χ4n) is 2.62. The lowest BCUT2D eigenvalue weighted by Gasteiger charge is -2.14. The number of nitrogens with one attached hydrogen (secondary N) is 1. The number of H-pyrrole nitrogens is 1. The summed E-state index contributed by atoms with van der Waals surface area (Å²) in [4.78, 5) is 15.2. The zero-order chi connectivity index (χ0) is 14.0. The van der Waals surface area contributed by atoms with Crippen molar-refractivity contribution in [3.63, 3.8) is 0 Å². The number of aryl methyl sites for hydroxylation is 2. The van der Waals surface area contributed by atoms with E-state index in [1.165, 1.54) is 12.7 Å². The van der Waals surface area contributed by atoms with E-state index in [0.29, 0.717) is 5.56 Å². The molecule has 0 saturated heterocycles. The normalized spacial score (nSPS) is 12.2. The molecule has 0 bridgehead atoms. The molecule has 3 heteroatoms. The van der Waals surface area contributed by atoms with Gasteiger partial charge in [0.25, 0.3) is 0 Å². The first-order valence-corrected chi connectivity index (χ1v) is 6.38. The standard InChI is InChI=1S/C16H19NO2/c1-10(13-8-6-5-7-9-13)14-11(2)17-12(3)15(14)16(18)19-4/h5-10,17H,1-4H3. The van der Waals surface area contributed by atoms with Gasteiger partial charge in [-0.15, -0.1) is 0 Å². The molecule has 2 rings (SSSR count). The smallest absolute Gasteiger partial charge is 0.339 e. The first-order chi connectivity index (χ1) is 9.06. The number of esters is 1. The molecule has 3 nitrogen and oxygen atoms in total. The van der Waals surface area contributed by atoms with Gasteiger partial charge in [-0.2, -0.15) is 0 Å². The summed E-state index contributed by atoms with van der Waals surface area (Å²) in [6, 6.07) is 10.2. The average Bonchev–Trinajstić information content (AvgIpc) is 2.72. The topological polar surface area (TPSA) is 42.1 Å². The zero-order valence-electron chi connectivity index (χ0n) is 11.8. The number of carbonyl (C=O) groups is 1. The van der Waals surface area contributed by atoms with Gasteiger partial charge in [-0.05, 0) is 25.0 Å². The number of aromatic amines is 1. The maximum absolute atomic E-state index is 12.0. The molecule has 2 aromatic rings. The molecule has 19 heavy (non-hydrogen) atoms. The molecule has 0 aliphatic carbocycles. The van der Waals surface area contributed by atoms with Crippen molar-refractivity contribution in [3.05, 3.63) is 58.4 Å². The monoisotopic (exact) mass is 257 g/mol. The Morgan fingerprint density at radius 2 is 1.79 bits per heavy atom. The highest BCUT2D eigenvalue weighted by Crippen LogP contribution is 2.31. The molecule has 0 radical (unpaired) electrons. The van der Waals surface area contributed by atoms with E-state index in [-0.39, 0.29) is 11.9 Å². The number of benzene rings is 1. The summed E-state index contributed by atoms with van der Waals surface area (Å²) in [6.07, 6.45) is 0. The number of carbonyl (C=O) groups excluding carboxylic acids is 1. The summed E-state index contributed by atoms with van der Waals surface area (Å²) < 4.78 is 4.90. The largest absolute Gasteiger partial charge is 0.465 e. The van der Waals surface area contributed by atoms with Crippen LogP contribution in [0.4, 0.5) is 0 Å². The first-order valence-electron chi connectivity index (χ1n) is 6.38. The van der Waals surface area contributed by atoms with Crippen LogP contribution in [0.2, 0.25) is 0 Å². The van der Waals surface area contributed by atoms with Crippen LogP contribution in [0.1, 0.15) is 45.7 Å². The van der Waals surface area contributed by atoms with Crippen LogP contribution < -0.4 is 0 Å². The maximum Gasteiger partial charge on any atom is 0.339 e. The van der Waals surface area contributed by atoms with Gasteiger partial charge in [-0.1, -0.05) is 37.3 Å². The Kier molecular flexibility index (Phi) is 3.74. The van der Waals surface area contributed by atoms with Gasteiger partial charge in [-0.25, -0.2) is 4.79 Å². The molecule has 0 saturated carbocycles. The number of rotatable bonds is 3. The van der Waals surface area contributed by atoms with Crippen molar-refractivity contribution in [2.75, 3.05) is 7.11 Å². The van der Waals surface area contributed by atoms with Crippen LogP contribution in [0.5, 0.6) is 0 Å². The van der Waals surface area contributed by atoms with Crippen molar-refractivity contribution in [2.45, 2.75) is 26.7 Å². The highest BCUT2D eigenvalue weighted by Gasteiger charge is 2.24. The highest BCUT2D eigenvalue weighted by molar-refractivity contribution is 5.93. The van der Waals surface area contributed by atoms with Crippen molar-refractivity contribution >= 4 is 5.97 Å². The lowest BCUT2D eigenvalue weighted by atomic mass is 9.90. The number of methoxy groups -OCH3 is 1. The second-order valence-electron chi connectivity index (χ2n) is 4.79. The summed E-state index contributed by atoms with van der Waals surface area (Å²) in [5.41, 5.74) is 4.76. The molecular weight excluding hydrogens is 238 g/mol. The summed E-state index contributed by atoms with van der Waals surface area (Å²) in [5, 5.41) is 0. The Hall–Kier alpha value is -2.03. The Bertz CT molecular complexity index is 584. The van der Waals surface area contributed by atoms with Gasteiger partial charge in [0, 0.05) is 17.3 Å². The molecule has 1 atom stereocenters. The predicted molar refractivity (Wildman–Crippen MR) is 75.6 cm³/mol. The molecule has 100 valence electrons. The minimum atomic E-state index is -0.278. The number of hydrogen-bond donors (Lipinski definition) is 1. The lowest BCUT2D eigenvalue weighted by molar-refractivity contribution is 0.0598. The van der Waals surface area contributed by atoms with E-state index in [0.717, 1.165) is 17.0 Å². The van der Waals surface area contributed by atoms with Crippen LogP contribution in [0.15, 0.2) is 30.3 Å². The van der Waals surface area contributed by atoms with Crippen molar-refractivity contribution in [2.24, 2.45) is 0 Å². The number of ether oxygens (including phenoxy) is 1. The zero-order valence-corrected chi connectivity index (χ0v) is 11.8. The SMILES string of the molecule is COC(=O)c1c(C)[nH]c(C)c1C(C)c1ccccc1. The van der Waals surface area contributed by atoms with Crippen LogP contribution in [-0.2, 0) is 4.74 Å². The third-order valence-corrected chi connectivity index (χ3v) is 3.55. The van der Waals surface area contributed by atoms with Crippen LogP contribution in [0.25, 0.3) is 0 Å². The van der Waals surface area contributed by atoms with Crippen molar-refractivity contribution in [1.29, 1.82) is 0 Å². The van der Waals surface area contributed by atoms with Gasteiger partial charge < -0.3 is 9.72 Å². The molecule has 0 spiro atoms. The molecule has 0 aliphatic rings. The van der Waals surface area contributed by atoms with Gasteiger partial charge in [-0.3, -0.25) is 0 Å². The quantitative estimate of drug-likeness (QED) is 0.854. The summed E-state index contributed by atoms with van der Waals surface area (Å²) in [7, 11) is 1.42. The van der Waals surface area contributed by atoms with E-state index in [1.54, 1.807) is 0 Å². The molecule has 1 aromatic heterocycles. The van der Waals surface area contributed by atoms with E-state index >= 15 is 0 Å². The van der Waals surface area contributed by atoms with E-state index in [1.807, 2.05) is 32.0 Å². The molecule has 0 fully saturated rings. The first kappa shape index (κ1) is 13.4. The molecular formula is C16H19NO2. The lowest BCUT2D eigenvalue weighted by Crippen LogP contribution is -2.08. The van der Waals surface area contributed by atoms with Gasteiger partial charge in [0.1, 0.15) is 0 Å². The van der Waals surface area contributed by atoms with Gasteiger partial charge in [0.15, 0.2) is 0 Å². The molecule has 1 unspecified atom stereocenters. The van der Waals surface area contributed by atoms with Gasteiger partial charge >= 0.3 is 5.97 Å². The molecule has 1 heterocycles. The van der Waals surface area contributed by atoms with E-state index in [4.69, 9.17) is 4.74 Å². The van der Waals surface area contributed by atoms with Gasteiger partial charge in [0.05, 0.1) is 12.7 Å². The van der Waals surface area contributed by atoms with Crippen LogP contribution in [0, 0.1) is 13.8 Å². The minimum absolute atomic E-state index is 0.153. The second-order valence-corrected chi connectivity index (χ2v) is 4.79. The summed E-state index contributed by atoms with van der Waals surface area (Å²) in [6.45, 7) is 6.01. The number of aromatic nitrogens is 1. The van der Waals surface area contributed by atoms with Gasteiger partial charge in [0.2, 0.25) is 0 Å². The molecule has 1 N–H and O–H groups in total. The molecule has 1 aromatic carbocycles. The molecule has 0 aliphatic heterocycles. The van der Waals surface area contributed by atoms with E-state index in [9.17, 15) is 4.79 Å². The Labute approximate surface area is 113 Å². The van der Waals surface area contributed by atoms with Crippen molar-refractivity contribution < 1.29 is 9.53 Å². The Morgan fingerprint density at radius 1 is 1.16 bits per heavy atom. The van der Waals surface area contributed by atoms with Crippen LogP contribution in [0.3, 0.4) is 0 Å². The van der Waals surface area contributed by atoms with E-state index in [2.05, 4.69) is 24.0 Å². The molecule has 0 amide bonds. The third kappa shape index (κ3) is 2.41. The highest BCUT2D eigenvalue weighted by atomic mass is 16.5. The van der Waals surface area contributed by atoms with Crippen LogP contribution in [-0.4, -0.2) is 18.1 Å². The average molecular weight is 257 g/mol. The third-order valence-electron chi connectivity index (χ3n) is 3.55.